The first-order valence-corrected chi connectivity index (χ1v) is 8.87. The van der Waals surface area contributed by atoms with Crippen LogP contribution in [0.2, 0.25) is 5.02 Å². The maximum atomic E-state index is 13.7. The number of carbonyl (C=O) groups is 2. The molecule has 0 spiro atoms. The summed E-state index contributed by atoms with van der Waals surface area (Å²) in [7, 11) is 0. The van der Waals surface area contributed by atoms with E-state index >= 15 is 0 Å². The lowest BCUT2D eigenvalue weighted by atomic mass is 9.87. The minimum absolute atomic E-state index is 0.114. The third kappa shape index (κ3) is 4.05. The average molecular weight is 376 g/mol. The molecule has 1 aliphatic rings. The quantitative estimate of drug-likeness (QED) is 0.814. The third-order valence-corrected chi connectivity index (χ3v) is 4.72. The van der Waals surface area contributed by atoms with Gasteiger partial charge in [-0.1, -0.05) is 35.9 Å². The zero-order valence-electron chi connectivity index (χ0n) is 14.3. The van der Waals surface area contributed by atoms with E-state index in [1.54, 1.807) is 0 Å². The van der Waals surface area contributed by atoms with E-state index in [2.05, 4.69) is 11.4 Å². The van der Waals surface area contributed by atoms with Crippen molar-refractivity contribution >= 4 is 23.5 Å². The summed E-state index contributed by atoms with van der Waals surface area (Å²) in [6, 6.07) is 11.5. The zero-order valence-corrected chi connectivity index (χ0v) is 15.1. The summed E-state index contributed by atoms with van der Waals surface area (Å²) < 4.78 is 18.9. The molecule has 0 saturated carbocycles. The van der Waals surface area contributed by atoms with E-state index in [0.717, 1.165) is 30.9 Å². The highest BCUT2D eigenvalue weighted by molar-refractivity contribution is 6.30. The lowest BCUT2D eigenvalue weighted by molar-refractivity contribution is -0.130. The first kappa shape index (κ1) is 18.4. The van der Waals surface area contributed by atoms with Crippen molar-refractivity contribution in [2.24, 2.45) is 0 Å². The van der Waals surface area contributed by atoms with Gasteiger partial charge in [-0.15, -0.1) is 0 Å². The Bertz CT molecular complexity index is 840. The van der Waals surface area contributed by atoms with Crippen LogP contribution in [0.25, 0.3) is 0 Å². The van der Waals surface area contributed by atoms with Crippen LogP contribution in [0.15, 0.2) is 42.5 Å². The monoisotopic (exact) mass is 375 g/mol. The second kappa shape index (κ2) is 7.87. The fourth-order valence-electron chi connectivity index (χ4n) is 3.12. The van der Waals surface area contributed by atoms with Gasteiger partial charge in [0.25, 0.3) is 5.91 Å². The van der Waals surface area contributed by atoms with Crippen molar-refractivity contribution in [3.63, 3.8) is 0 Å². The smallest absolute Gasteiger partial charge is 0.341 e. The first-order valence-electron chi connectivity index (χ1n) is 8.50. The van der Waals surface area contributed by atoms with Gasteiger partial charge in [0.2, 0.25) is 0 Å². The SMILES string of the molecule is CC(OC(=O)c1cc(Cl)ccc1F)C(=O)NC1CCCc2ccccc21. The van der Waals surface area contributed by atoms with Gasteiger partial charge in [0.05, 0.1) is 11.6 Å². The summed E-state index contributed by atoms with van der Waals surface area (Å²) >= 11 is 5.78. The number of rotatable bonds is 4. The molecule has 0 heterocycles. The van der Waals surface area contributed by atoms with E-state index < -0.39 is 23.8 Å². The van der Waals surface area contributed by atoms with Crippen LogP contribution in [-0.4, -0.2) is 18.0 Å². The zero-order chi connectivity index (χ0) is 18.7. The predicted molar refractivity (Wildman–Crippen MR) is 96.6 cm³/mol. The van der Waals surface area contributed by atoms with E-state index in [9.17, 15) is 14.0 Å². The van der Waals surface area contributed by atoms with Gasteiger partial charge in [-0.25, -0.2) is 9.18 Å². The van der Waals surface area contributed by atoms with Crippen LogP contribution in [0.5, 0.6) is 0 Å². The first-order chi connectivity index (χ1) is 12.5. The van der Waals surface area contributed by atoms with Gasteiger partial charge in [-0.2, -0.15) is 0 Å². The number of nitrogens with one attached hydrogen (secondary N) is 1. The van der Waals surface area contributed by atoms with Crippen LogP contribution in [0.1, 0.15) is 47.3 Å². The maximum Gasteiger partial charge on any atom is 0.341 e. The van der Waals surface area contributed by atoms with Crippen LogP contribution >= 0.6 is 11.6 Å². The normalized spacial score (nSPS) is 17.1. The molecule has 2 atom stereocenters. The van der Waals surface area contributed by atoms with Gasteiger partial charge in [0.15, 0.2) is 6.10 Å². The van der Waals surface area contributed by atoms with Crippen LogP contribution in [0.3, 0.4) is 0 Å². The number of ether oxygens (including phenoxy) is 1. The number of fused-ring (bicyclic) bond motifs is 1. The lowest BCUT2D eigenvalue weighted by Crippen LogP contribution is -2.39. The molecule has 6 heteroatoms. The molecule has 136 valence electrons. The highest BCUT2D eigenvalue weighted by Gasteiger charge is 2.26. The minimum Gasteiger partial charge on any atom is -0.449 e. The molecule has 2 unspecified atom stereocenters. The molecule has 0 fully saturated rings. The van der Waals surface area contributed by atoms with Crippen LogP contribution in [0, 0.1) is 5.82 Å². The largest absolute Gasteiger partial charge is 0.449 e. The minimum atomic E-state index is -1.05. The number of amides is 1. The molecule has 0 radical (unpaired) electrons. The molecule has 1 N–H and O–H groups in total. The number of hydrogen-bond acceptors (Lipinski definition) is 3. The Morgan fingerprint density at radius 2 is 2.04 bits per heavy atom. The molecule has 2 aromatic rings. The summed E-state index contributed by atoms with van der Waals surface area (Å²) in [4.78, 5) is 24.6. The molecule has 1 amide bonds. The second-order valence-corrected chi connectivity index (χ2v) is 6.76. The van der Waals surface area contributed by atoms with Gasteiger partial charge in [0.1, 0.15) is 5.82 Å². The fraction of sp³-hybridized carbons (Fsp3) is 0.300. The van der Waals surface area contributed by atoms with Gasteiger partial charge < -0.3 is 10.1 Å². The van der Waals surface area contributed by atoms with Gasteiger partial charge in [-0.3, -0.25) is 4.79 Å². The molecule has 0 aromatic heterocycles. The Morgan fingerprint density at radius 3 is 2.85 bits per heavy atom. The number of benzene rings is 2. The highest BCUT2D eigenvalue weighted by Crippen LogP contribution is 2.29. The number of halogens is 2. The standard InChI is InChI=1S/C20H19ClFNO3/c1-12(26-20(25)16-11-14(21)9-10-17(16)22)19(24)23-18-8-4-6-13-5-2-3-7-15(13)18/h2-3,5,7,9-12,18H,4,6,8H2,1H3,(H,23,24). The molecule has 0 aliphatic heterocycles. The second-order valence-electron chi connectivity index (χ2n) is 6.32. The topological polar surface area (TPSA) is 55.4 Å². The van der Waals surface area contributed by atoms with Gasteiger partial charge in [0, 0.05) is 5.02 Å². The van der Waals surface area contributed by atoms with Crippen LogP contribution < -0.4 is 5.32 Å². The number of aryl methyl sites for hydroxylation is 1. The Morgan fingerprint density at radius 1 is 1.27 bits per heavy atom. The molecular formula is C20H19ClFNO3. The van der Waals surface area contributed by atoms with E-state index in [0.29, 0.717) is 0 Å². The summed E-state index contributed by atoms with van der Waals surface area (Å²) in [6.45, 7) is 1.46. The van der Waals surface area contributed by atoms with E-state index in [4.69, 9.17) is 16.3 Å². The molecule has 1 aliphatic carbocycles. The van der Waals surface area contributed by atoms with Crippen molar-refractivity contribution < 1.29 is 18.7 Å². The van der Waals surface area contributed by atoms with E-state index in [-0.39, 0.29) is 16.6 Å². The van der Waals surface area contributed by atoms with Crippen molar-refractivity contribution in [1.82, 2.24) is 5.32 Å². The molecular weight excluding hydrogens is 357 g/mol. The van der Waals surface area contributed by atoms with Gasteiger partial charge in [-0.05, 0) is 55.5 Å². The Hall–Kier alpha value is -2.40. The summed E-state index contributed by atoms with van der Waals surface area (Å²) in [5.41, 5.74) is 2.02. The highest BCUT2D eigenvalue weighted by atomic mass is 35.5. The van der Waals surface area contributed by atoms with E-state index in [1.165, 1.54) is 24.6 Å². The van der Waals surface area contributed by atoms with Crippen molar-refractivity contribution in [3.05, 3.63) is 70.0 Å². The summed E-state index contributed by atoms with van der Waals surface area (Å²) in [5.74, 6) is -2.08. The molecule has 2 aromatic carbocycles. The summed E-state index contributed by atoms with van der Waals surface area (Å²) in [5, 5.41) is 3.14. The van der Waals surface area contributed by atoms with Crippen LogP contribution in [0.4, 0.5) is 4.39 Å². The van der Waals surface area contributed by atoms with Crippen molar-refractivity contribution in [2.45, 2.75) is 38.3 Å². The maximum absolute atomic E-state index is 13.7. The molecule has 4 nitrogen and oxygen atoms in total. The lowest BCUT2D eigenvalue weighted by Gasteiger charge is -2.27. The Kier molecular flexibility index (Phi) is 5.57. The molecule has 0 saturated heterocycles. The molecule has 26 heavy (non-hydrogen) atoms. The summed E-state index contributed by atoms with van der Waals surface area (Å²) in [6.07, 6.45) is 1.74. The number of esters is 1. The predicted octanol–water partition coefficient (Wildman–Crippen LogP) is 4.22. The average Bonchev–Trinajstić information content (AvgIpc) is 2.63. The molecule has 3 rings (SSSR count). The van der Waals surface area contributed by atoms with Crippen molar-refractivity contribution in [2.75, 3.05) is 0 Å². The molecule has 0 bridgehead atoms. The number of hydrogen-bond donors (Lipinski definition) is 1. The van der Waals surface area contributed by atoms with Gasteiger partial charge >= 0.3 is 5.97 Å². The number of carbonyl (C=O) groups excluding carboxylic acids is 2. The fourth-order valence-corrected chi connectivity index (χ4v) is 3.30. The Labute approximate surface area is 156 Å². The third-order valence-electron chi connectivity index (χ3n) is 4.49. The van der Waals surface area contributed by atoms with Crippen LogP contribution in [-0.2, 0) is 16.0 Å². The van der Waals surface area contributed by atoms with E-state index in [1.807, 2.05) is 18.2 Å². The van der Waals surface area contributed by atoms with Crippen molar-refractivity contribution in [1.29, 1.82) is 0 Å². The van der Waals surface area contributed by atoms with Crippen molar-refractivity contribution in [3.8, 4) is 0 Å². The Balaban J connectivity index is 1.65.